The zero-order valence-electron chi connectivity index (χ0n) is 12.4. The third-order valence-corrected chi connectivity index (χ3v) is 4.26. The molecular formula is C17H23N3. The van der Waals surface area contributed by atoms with E-state index in [1.54, 1.807) is 0 Å². The molecule has 1 aromatic heterocycles. The summed E-state index contributed by atoms with van der Waals surface area (Å²) >= 11 is 0. The van der Waals surface area contributed by atoms with E-state index in [0.717, 1.165) is 19.5 Å². The zero-order valence-corrected chi connectivity index (χ0v) is 12.4. The number of piperidine rings is 1. The van der Waals surface area contributed by atoms with Crippen LogP contribution in [0.2, 0.25) is 0 Å². The van der Waals surface area contributed by atoms with Crippen molar-refractivity contribution in [2.24, 2.45) is 7.05 Å². The third kappa shape index (κ3) is 2.63. The van der Waals surface area contributed by atoms with E-state index in [1.165, 1.54) is 35.2 Å². The molecule has 1 fully saturated rings. The minimum atomic E-state index is 0.596. The summed E-state index contributed by atoms with van der Waals surface area (Å²) in [7, 11) is 2.02. The van der Waals surface area contributed by atoms with Gasteiger partial charge in [0.15, 0.2) is 0 Å². The van der Waals surface area contributed by atoms with E-state index in [-0.39, 0.29) is 0 Å². The van der Waals surface area contributed by atoms with Gasteiger partial charge in [0.2, 0.25) is 0 Å². The first-order valence-corrected chi connectivity index (χ1v) is 7.61. The highest BCUT2D eigenvalue weighted by Crippen LogP contribution is 2.33. The van der Waals surface area contributed by atoms with Gasteiger partial charge in [0.25, 0.3) is 0 Å². The number of rotatable bonds is 3. The third-order valence-electron chi connectivity index (χ3n) is 4.26. The fourth-order valence-electron chi connectivity index (χ4n) is 3.04. The standard InChI is InChI=1S/C17H23N3/c1-3-13-4-6-14(7-5-13)16-12-20(2)19-17(16)15-8-10-18-11-9-15/h4-7,12,15,18H,3,8-11H2,1-2H3. The predicted molar refractivity (Wildman–Crippen MR) is 82.9 cm³/mol. The Morgan fingerprint density at radius 2 is 1.90 bits per heavy atom. The van der Waals surface area contributed by atoms with Gasteiger partial charge in [-0.15, -0.1) is 0 Å². The van der Waals surface area contributed by atoms with Gasteiger partial charge in [0.05, 0.1) is 5.69 Å². The topological polar surface area (TPSA) is 29.9 Å². The second-order valence-electron chi connectivity index (χ2n) is 5.68. The summed E-state index contributed by atoms with van der Waals surface area (Å²) in [4.78, 5) is 0. The lowest BCUT2D eigenvalue weighted by atomic mass is 9.90. The molecular weight excluding hydrogens is 246 g/mol. The van der Waals surface area contributed by atoms with Gasteiger partial charge in [-0.25, -0.2) is 0 Å². The fraction of sp³-hybridized carbons (Fsp3) is 0.471. The quantitative estimate of drug-likeness (QED) is 0.928. The molecule has 0 bridgehead atoms. The van der Waals surface area contributed by atoms with Gasteiger partial charge in [0.1, 0.15) is 0 Å². The van der Waals surface area contributed by atoms with Gasteiger partial charge in [-0.3, -0.25) is 4.68 Å². The minimum Gasteiger partial charge on any atom is -0.317 e. The molecule has 106 valence electrons. The van der Waals surface area contributed by atoms with Crippen molar-refractivity contribution in [2.45, 2.75) is 32.1 Å². The van der Waals surface area contributed by atoms with Crippen molar-refractivity contribution >= 4 is 0 Å². The molecule has 3 heteroatoms. The van der Waals surface area contributed by atoms with Crippen molar-refractivity contribution < 1.29 is 0 Å². The molecule has 20 heavy (non-hydrogen) atoms. The monoisotopic (exact) mass is 269 g/mol. The average Bonchev–Trinajstić information content (AvgIpc) is 2.90. The number of hydrogen-bond acceptors (Lipinski definition) is 2. The highest BCUT2D eigenvalue weighted by Gasteiger charge is 2.22. The van der Waals surface area contributed by atoms with Gasteiger partial charge in [-0.1, -0.05) is 31.2 Å². The largest absolute Gasteiger partial charge is 0.317 e. The molecule has 0 unspecified atom stereocenters. The van der Waals surface area contributed by atoms with Crippen LogP contribution in [0, 0.1) is 0 Å². The maximum atomic E-state index is 4.74. The minimum absolute atomic E-state index is 0.596. The zero-order chi connectivity index (χ0) is 13.9. The Morgan fingerprint density at radius 1 is 1.20 bits per heavy atom. The molecule has 0 amide bonds. The lowest BCUT2D eigenvalue weighted by Gasteiger charge is -2.22. The van der Waals surface area contributed by atoms with Gasteiger partial charge in [-0.2, -0.15) is 5.10 Å². The SMILES string of the molecule is CCc1ccc(-c2cn(C)nc2C2CCNCC2)cc1. The van der Waals surface area contributed by atoms with Gasteiger partial charge >= 0.3 is 0 Å². The Labute approximate surface area is 121 Å². The van der Waals surface area contributed by atoms with E-state index in [9.17, 15) is 0 Å². The van der Waals surface area contributed by atoms with Crippen LogP contribution >= 0.6 is 0 Å². The van der Waals surface area contributed by atoms with Crippen molar-refractivity contribution in [3.63, 3.8) is 0 Å². The summed E-state index contributed by atoms with van der Waals surface area (Å²) in [5, 5.41) is 8.17. The predicted octanol–water partition coefficient (Wildman–Crippen LogP) is 3.12. The van der Waals surface area contributed by atoms with E-state index in [1.807, 2.05) is 11.7 Å². The fourth-order valence-corrected chi connectivity index (χ4v) is 3.04. The highest BCUT2D eigenvalue weighted by atomic mass is 15.3. The molecule has 0 aliphatic carbocycles. The summed E-state index contributed by atoms with van der Waals surface area (Å²) in [5.74, 6) is 0.596. The molecule has 0 radical (unpaired) electrons. The lowest BCUT2D eigenvalue weighted by molar-refractivity contribution is 0.450. The Kier molecular flexibility index (Phi) is 3.88. The van der Waals surface area contributed by atoms with E-state index in [0.29, 0.717) is 5.92 Å². The summed E-state index contributed by atoms with van der Waals surface area (Å²) in [6.07, 6.45) is 5.64. The van der Waals surface area contributed by atoms with Crippen LogP contribution in [0.1, 0.15) is 36.9 Å². The van der Waals surface area contributed by atoms with Gasteiger partial charge in [0, 0.05) is 24.7 Å². The van der Waals surface area contributed by atoms with Gasteiger partial charge in [-0.05, 0) is 43.5 Å². The van der Waals surface area contributed by atoms with Crippen LogP contribution in [0.5, 0.6) is 0 Å². The van der Waals surface area contributed by atoms with Crippen molar-refractivity contribution in [3.8, 4) is 11.1 Å². The maximum absolute atomic E-state index is 4.74. The van der Waals surface area contributed by atoms with Crippen LogP contribution in [-0.2, 0) is 13.5 Å². The Morgan fingerprint density at radius 3 is 2.55 bits per heavy atom. The normalized spacial score (nSPS) is 16.5. The number of nitrogens with zero attached hydrogens (tertiary/aromatic N) is 2. The first-order chi connectivity index (χ1) is 9.78. The molecule has 0 atom stereocenters. The molecule has 1 saturated heterocycles. The number of aryl methyl sites for hydroxylation is 2. The van der Waals surface area contributed by atoms with E-state index >= 15 is 0 Å². The molecule has 1 aromatic carbocycles. The first-order valence-electron chi connectivity index (χ1n) is 7.61. The summed E-state index contributed by atoms with van der Waals surface area (Å²) in [6, 6.07) is 8.93. The van der Waals surface area contributed by atoms with E-state index in [2.05, 4.69) is 42.7 Å². The van der Waals surface area contributed by atoms with Crippen molar-refractivity contribution in [1.82, 2.24) is 15.1 Å². The van der Waals surface area contributed by atoms with Crippen molar-refractivity contribution in [2.75, 3.05) is 13.1 Å². The second-order valence-corrected chi connectivity index (χ2v) is 5.68. The first kappa shape index (κ1) is 13.4. The summed E-state index contributed by atoms with van der Waals surface area (Å²) in [6.45, 7) is 4.41. The Hall–Kier alpha value is -1.61. The van der Waals surface area contributed by atoms with Crippen LogP contribution < -0.4 is 5.32 Å². The number of hydrogen-bond donors (Lipinski definition) is 1. The average molecular weight is 269 g/mol. The Bertz CT molecular complexity index is 562. The number of benzene rings is 1. The van der Waals surface area contributed by atoms with Crippen LogP contribution in [0.4, 0.5) is 0 Å². The van der Waals surface area contributed by atoms with E-state index in [4.69, 9.17) is 5.10 Å². The molecule has 0 spiro atoms. The smallest absolute Gasteiger partial charge is 0.0734 e. The van der Waals surface area contributed by atoms with Crippen molar-refractivity contribution in [1.29, 1.82) is 0 Å². The molecule has 3 rings (SSSR count). The number of nitrogens with one attached hydrogen (secondary N) is 1. The van der Waals surface area contributed by atoms with Crippen LogP contribution in [0.25, 0.3) is 11.1 Å². The Balaban J connectivity index is 1.95. The molecule has 2 heterocycles. The van der Waals surface area contributed by atoms with E-state index < -0.39 is 0 Å². The molecule has 1 aliphatic heterocycles. The lowest BCUT2D eigenvalue weighted by Crippen LogP contribution is -2.27. The molecule has 2 aromatic rings. The van der Waals surface area contributed by atoms with Crippen molar-refractivity contribution in [3.05, 3.63) is 41.7 Å². The maximum Gasteiger partial charge on any atom is 0.0734 e. The van der Waals surface area contributed by atoms with Crippen LogP contribution in [-0.4, -0.2) is 22.9 Å². The van der Waals surface area contributed by atoms with Crippen LogP contribution in [0.15, 0.2) is 30.5 Å². The molecule has 1 N–H and O–H groups in total. The molecule has 3 nitrogen and oxygen atoms in total. The second kappa shape index (κ2) is 5.80. The molecule has 0 saturated carbocycles. The summed E-state index contributed by atoms with van der Waals surface area (Å²) < 4.78 is 1.96. The molecule has 1 aliphatic rings. The van der Waals surface area contributed by atoms with Gasteiger partial charge < -0.3 is 5.32 Å². The van der Waals surface area contributed by atoms with Crippen LogP contribution in [0.3, 0.4) is 0 Å². The summed E-state index contributed by atoms with van der Waals surface area (Å²) in [5.41, 5.74) is 5.27. The highest BCUT2D eigenvalue weighted by molar-refractivity contribution is 5.66. The number of aromatic nitrogens is 2.